The molecule has 1 aliphatic heterocycles. The summed E-state index contributed by atoms with van der Waals surface area (Å²) in [6.07, 6.45) is 0. The zero-order valence-electron chi connectivity index (χ0n) is 8.29. The molecule has 0 saturated heterocycles. The van der Waals surface area contributed by atoms with Crippen LogP contribution >= 0.6 is 0 Å². The Morgan fingerprint density at radius 3 is 3.00 bits per heavy atom. The average molecular weight is 188 g/mol. The number of nitriles is 1. The number of rotatable bonds is 0. The van der Waals surface area contributed by atoms with Crippen molar-refractivity contribution in [2.45, 2.75) is 19.4 Å². The van der Waals surface area contributed by atoms with Gasteiger partial charge in [-0.15, -0.1) is 0 Å². The van der Waals surface area contributed by atoms with Crippen LogP contribution in [-0.4, -0.2) is 12.1 Å². The molecule has 3 nitrogen and oxygen atoms in total. The Morgan fingerprint density at radius 1 is 1.50 bits per heavy atom. The van der Waals surface area contributed by atoms with Gasteiger partial charge in [0.25, 0.3) is 0 Å². The fraction of sp³-hybridized carbons (Fsp3) is 0.364. The third kappa shape index (κ3) is 1.39. The highest BCUT2D eigenvalue weighted by molar-refractivity contribution is 5.65. The van der Waals surface area contributed by atoms with E-state index in [-0.39, 0.29) is 5.54 Å². The highest BCUT2D eigenvalue weighted by Crippen LogP contribution is 2.34. The Morgan fingerprint density at radius 2 is 2.29 bits per heavy atom. The second kappa shape index (κ2) is 2.91. The number of para-hydroxylation sites is 1. The van der Waals surface area contributed by atoms with E-state index in [2.05, 4.69) is 25.2 Å². The van der Waals surface area contributed by atoms with Gasteiger partial charge in [0.1, 0.15) is 12.7 Å². The molecule has 0 aliphatic carbocycles. The fourth-order valence-corrected chi connectivity index (χ4v) is 1.53. The molecule has 72 valence electrons. The largest absolute Gasteiger partial charge is 0.488 e. The minimum absolute atomic E-state index is 0.0684. The number of fused-ring (bicyclic) bond motifs is 1. The van der Waals surface area contributed by atoms with Gasteiger partial charge in [-0.3, -0.25) is 0 Å². The Balaban J connectivity index is 2.47. The van der Waals surface area contributed by atoms with Gasteiger partial charge in [0.15, 0.2) is 5.75 Å². The first kappa shape index (κ1) is 8.89. The van der Waals surface area contributed by atoms with Gasteiger partial charge in [-0.1, -0.05) is 6.07 Å². The summed E-state index contributed by atoms with van der Waals surface area (Å²) in [7, 11) is 0. The highest BCUT2D eigenvalue weighted by Gasteiger charge is 2.26. The minimum Gasteiger partial charge on any atom is -0.488 e. The molecule has 0 unspecified atom stereocenters. The SMILES string of the molecule is CC1(C)COc2c(C#N)cccc2N1. The van der Waals surface area contributed by atoms with Crippen LogP contribution in [0.25, 0.3) is 0 Å². The molecule has 1 aromatic carbocycles. The zero-order valence-corrected chi connectivity index (χ0v) is 8.29. The smallest absolute Gasteiger partial charge is 0.160 e. The van der Waals surface area contributed by atoms with E-state index in [1.54, 1.807) is 6.07 Å². The topological polar surface area (TPSA) is 45.0 Å². The fourth-order valence-electron chi connectivity index (χ4n) is 1.53. The van der Waals surface area contributed by atoms with Crippen LogP contribution in [0, 0.1) is 11.3 Å². The molecular weight excluding hydrogens is 176 g/mol. The van der Waals surface area contributed by atoms with Crippen molar-refractivity contribution in [3.8, 4) is 11.8 Å². The molecule has 0 amide bonds. The van der Waals surface area contributed by atoms with Gasteiger partial charge in [-0.2, -0.15) is 5.26 Å². The van der Waals surface area contributed by atoms with Crippen LogP contribution in [0.15, 0.2) is 18.2 Å². The van der Waals surface area contributed by atoms with Gasteiger partial charge in [0, 0.05) is 0 Å². The third-order valence-electron chi connectivity index (χ3n) is 2.19. The maximum atomic E-state index is 8.87. The molecule has 2 rings (SSSR count). The summed E-state index contributed by atoms with van der Waals surface area (Å²) in [6.45, 7) is 4.71. The Kier molecular flexibility index (Phi) is 1.85. The molecular formula is C11H12N2O. The maximum Gasteiger partial charge on any atom is 0.160 e. The summed E-state index contributed by atoms with van der Waals surface area (Å²) in [4.78, 5) is 0. The Bertz CT molecular complexity index is 404. The summed E-state index contributed by atoms with van der Waals surface area (Å²) < 4.78 is 5.58. The summed E-state index contributed by atoms with van der Waals surface area (Å²) >= 11 is 0. The first-order chi connectivity index (χ1) is 6.62. The third-order valence-corrected chi connectivity index (χ3v) is 2.19. The number of anilines is 1. The van der Waals surface area contributed by atoms with E-state index < -0.39 is 0 Å². The monoisotopic (exact) mass is 188 g/mol. The molecule has 1 N–H and O–H groups in total. The predicted octanol–water partition coefficient (Wildman–Crippen LogP) is 2.14. The summed E-state index contributed by atoms with van der Waals surface area (Å²) in [5.74, 6) is 0.675. The van der Waals surface area contributed by atoms with E-state index in [1.807, 2.05) is 12.1 Å². The second-order valence-electron chi connectivity index (χ2n) is 4.09. The number of benzene rings is 1. The van der Waals surface area contributed by atoms with Gasteiger partial charge >= 0.3 is 0 Å². The first-order valence-corrected chi connectivity index (χ1v) is 4.56. The standard InChI is InChI=1S/C11H12N2O/c1-11(2)7-14-10-8(6-12)4-3-5-9(10)13-11/h3-5,13H,7H2,1-2H3. The molecule has 14 heavy (non-hydrogen) atoms. The molecule has 1 heterocycles. The average Bonchev–Trinajstić information content (AvgIpc) is 2.15. The van der Waals surface area contributed by atoms with Crippen molar-refractivity contribution >= 4 is 5.69 Å². The van der Waals surface area contributed by atoms with Gasteiger partial charge in [0.05, 0.1) is 16.8 Å². The van der Waals surface area contributed by atoms with Crippen molar-refractivity contribution in [3.05, 3.63) is 23.8 Å². The van der Waals surface area contributed by atoms with Gasteiger partial charge in [-0.25, -0.2) is 0 Å². The van der Waals surface area contributed by atoms with E-state index in [1.165, 1.54) is 0 Å². The summed E-state index contributed by atoms with van der Waals surface area (Å²) in [6, 6.07) is 7.66. The molecule has 0 atom stereocenters. The van der Waals surface area contributed by atoms with E-state index >= 15 is 0 Å². The summed E-state index contributed by atoms with van der Waals surface area (Å²) in [5, 5.41) is 12.2. The van der Waals surface area contributed by atoms with Gasteiger partial charge < -0.3 is 10.1 Å². The molecule has 0 aromatic heterocycles. The second-order valence-corrected chi connectivity index (χ2v) is 4.09. The molecule has 0 fully saturated rings. The van der Waals surface area contributed by atoms with Crippen molar-refractivity contribution < 1.29 is 4.74 Å². The van der Waals surface area contributed by atoms with Crippen molar-refractivity contribution in [2.24, 2.45) is 0 Å². The molecule has 0 bridgehead atoms. The molecule has 0 spiro atoms. The van der Waals surface area contributed by atoms with Gasteiger partial charge in [-0.05, 0) is 26.0 Å². The van der Waals surface area contributed by atoms with E-state index in [0.29, 0.717) is 17.9 Å². The Labute approximate surface area is 83.3 Å². The molecule has 1 aliphatic rings. The molecule has 0 radical (unpaired) electrons. The number of hydrogen-bond donors (Lipinski definition) is 1. The van der Waals surface area contributed by atoms with E-state index in [9.17, 15) is 0 Å². The summed E-state index contributed by atoms with van der Waals surface area (Å²) in [5.41, 5.74) is 1.42. The number of hydrogen-bond acceptors (Lipinski definition) is 3. The Hall–Kier alpha value is -1.69. The van der Waals surface area contributed by atoms with Crippen molar-refractivity contribution in [1.29, 1.82) is 5.26 Å². The predicted molar refractivity (Wildman–Crippen MR) is 54.4 cm³/mol. The quantitative estimate of drug-likeness (QED) is 0.678. The lowest BCUT2D eigenvalue weighted by atomic mass is 10.0. The molecule has 0 saturated carbocycles. The van der Waals surface area contributed by atoms with Crippen LogP contribution in [0.5, 0.6) is 5.75 Å². The van der Waals surface area contributed by atoms with Crippen molar-refractivity contribution in [2.75, 3.05) is 11.9 Å². The van der Waals surface area contributed by atoms with Crippen LogP contribution in [0.3, 0.4) is 0 Å². The van der Waals surface area contributed by atoms with Crippen molar-refractivity contribution in [3.63, 3.8) is 0 Å². The lowest BCUT2D eigenvalue weighted by Crippen LogP contribution is -2.41. The zero-order chi connectivity index (χ0) is 10.2. The molecule has 3 heteroatoms. The van der Waals surface area contributed by atoms with Gasteiger partial charge in [0.2, 0.25) is 0 Å². The lowest BCUT2D eigenvalue weighted by Gasteiger charge is -2.33. The normalized spacial score (nSPS) is 17.2. The minimum atomic E-state index is -0.0684. The van der Waals surface area contributed by atoms with Crippen molar-refractivity contribution in [1.82, 2.24) is 0 Å². The maximum absolute atomic E-state index is 8.87. The van der Waals surface area contributed by atoms with Crippen LogP contribution in [0.2, 0.25) is 0 Å². The number of ether oxygens (including phenoxy) is 1. The number of nitrogens with zero attached hydrogens (tertiary/aromatic N) is 1. The number of nitrogens with one attached hydrogen (secondary N) is 1. The first-order valence-electron chi connectivity index (χ1n) is 4.56. The van der Waals surface area contributed by atoms with E-state index in [4.69, 9.17) is 10.00 Å². The highest BCUT2D eigenvalue weighted by atomic mass is 16.5. The van der Waals surface area contributed by atoms with E-state index in [0.717, 1.165) is 5.69 Å². The van der Waals surface area contributed by atoms with Crippen LogP contribution in [-0.2, 0) is 0 Å². The van der Waals surface area contributed by atoms with Crippen LogP contribution in [0.4, 0.5) is 5.69 Å². The lowest BCUT2D eigenvalue weighted by molar-refractivity contribution is 0.241. The van der Waals surface area contributed by atoms with Crippen LogP contribution in [0.1, 0.15) is 19.4 Å². The van der Waals surface area contributed by atoms with Crippen LogP contribution < -0.4 is 10.1 Å². The molecule has 1 aromatic rings.